The van der Waals surface area contributed by atoms with E-state index in [0.29, 0.717) is 11.5 Å². The number of nitrogen functional groups attached to an aromatic ring is 1. The predicted octanol–water partition coefficient (Wildman–Crippen LogP) is 1.70. The zero-order valence-corrected chi connectivity index (χ0v) is 19.5. The van der Waals surface area contributed by atoms with Crippen LogP contribution in [0, 0.1) is 0 Å². The molecule has 4 heterocycles. The van der Waals surface area contributed by atoms with Gasteiger partial charge in [0.2, 0.25) is 5.95 Å². The highest BCUT2D eigenvalue weighted by molar-refractivity contribution is 5.66. The van der Waals surface area contributed by atoms with Crippen molar-refractivity contribution in [2.24, 2.45) is 0 Å². The molecule has 0 radical (unpaired) electrons. The van der Waals surface area contributed by atoms with Gasteiger partial charge in [-0.15, -0.1) is 0 Å². The fourth-order valence-corrected chi connectivity index (χ4v) is 5.47. The molecule has 1 saturated heterocycles. The van der Waals surface area contributed by atoms with Gasteiger partial charge in [0, 0.05) is 69.2 Å². The highest BCUT2D eigenvalue weighted by Crippen LogP contribution is 2.45. The van der Waals surface area contributed by atoms with Crippen LogP contribution in [0.5, 0.6) is 0 Å². The lowest BCUT2D eigenvalue weighted by atomic mass is 9.95. The number of nitrogens with one attached hydrogen (secondary N) is 1. The molecule has 1 aromatic heterocycles. The van der Waals surface area contributed by atoms with E-state index in [9.17, 15) is 0 Å². The summed E-state index contributed by atoms with van der Waals surface area (Å²) >= 11 is 0. The summed E-state index contributed by atoms with van der Waals surface area (Å²) in [6.07, 6.45) is 8.06. The zero-order valence-electron chi connectivity index (χ0n) is 19.5. The quantitative estimate of drug-likeness (QED) is 0.719. The molecule has 0 spiro atoms. The van der Waals surface area contributed by atoms with E-state index in [4.69, 9.17) is 5.73 Å². The Morgan fingerprint density at radius 2 is 1.88 bits per heavy atom. The zero-order chi connectivity index (χ0) is 22.4. The van der Waals surface area contributed by atoms with Crippen LogP contribution in [0.15, 0.2) is 36.5 Å². The van der Waals surface area contributed by atoms with Crippen molar-refractivity contribution in [2.75, 3.05) is 63.5 Å². The van der Waals surface area contributed by atoms with Crippen LogP contribution in [-0.4, -0.2) is 83.2 Å². The number of anilines is 2. The number of nitrogens with zero attached hydrogens (tertiary/aromatic N) is 6. The third-order valence-electron chi connectivity index (χ3n) is 7.73. The van der Waals surface area contributed by atoms with Crippen LogP contribution >= 0.6 is 0 Å². The van der Waals surface area contributed by atoms with Crippen molar-refractivity contribution < 1.29 is 0 Å². The summed E-state index contributed by atoms with van der Waals surface area (Å²) < 4.78 is 0. The van der Waals surface area contributed by atoms with Crippen molar-refractivity contribution in [3.8, 4) is 11.3 Å². The first kappa shape index (κ1) is 20.9. The normalized spacial score (nSPS) is 22.6. The third kappa shape index (κ3) is 4.18. The van der Waals surface area contributed by atoms with Gasteiger partial charge in [-0.05, 0) is 43.5 Å². The number of rotatable bonds is 5. The first-order chi connectivity index (χ1) is 16.1. The number of likely N-dealkylation sites (N-methyl/N-ethyl adjacent to an activating group) is 1. The van der Waals surface area contributed by atoms with Crippen LogP contribution in [0.25, 0.3) is 11.3 Å². The van der Waals surface area contributed by atoms with E-state index >= 15 is 0 Å². The number of hydrazine groups is 1. The lowest BCUT2D eigenvalue weighted by molar-refractivity contribution is 0.114. The molecule has 174 valence electrons. The molecule has 8 nitrogen and oxygen atoms in total. The number of piperazine rings is 1. The van der Waals surface area contributed by atoms with Gasteiger partial charge in [-0.2, -0.15) is 4.98 Å². The fourth-order valence-electron chi connectivity index (χ4n) is 5.47. The molecule has 3 aliphatic heterocycles. The Hall–Kier alpha value is -2.68. The Kier molecular flexibility index (Phi) is 5.24. The number of aromatic nitrogens is 2. The van der Waals surface area contributed by atoms with Crippen LogP contribution in [0.1, 0.15) is 24.0 Å². The summed E-state index contributed by atoms with van der Waals surface area (Å²) in [6, 6.07) is 8.94. The van der Waals surface area contributed by atoms with Crippen molar-refractivity contribution >= 4 is 11.8 Å². The molecule has 2 aromatic rings. The van der Waals surface area contributed by atoms with Gasteiger partial charge in [0.05, 0.1) is 12.2 Å². The minimum absolute atomic E-state index is 0.309. The first-order valence-electron chi connectivity index (χ1n) is 12.2. The summed E-state index contributed by atoms with van der Waals surface area (Å²) in [6.45, 7) is 8.17. The molecule has 0 atom stereocenters. The van der Waals surface area contributed by atoms with Crippen LogP contribution < -0.4 is 16.1 Å². The molecule has 1 aliphatic carbocycles. The summed E-state index contributed by atoms with van der Waals surface area (Å²) in [5.74, 6) is 1.29. The average molecular weight is 447 g/mol. The summed E-state index contributed by atoms with van der Waals surface area (Å²) in [7, 11) is 2.16. The maximum absolute atomic E-state index is 6.15. The number of hydrogen-bond acceptors (Lipinski definition) is 8. The van der Waals surface area contributed by atoms with Gasteiger partial charge in [-0.3, -0.25) is 4.90 Å². The maximum Gasteiger partial charge on any atom is 0.222 e. The average Bonchev–Trinajstić information content (AvgIpc) is 3.43. The van der Waals surface area contributed by atoms with Gasteiger partial charge < -0.3 is 20.5 Å². The Morgan fingerprint density at radius 1 is 1.03 bits per heavy atom. The van der Waals surface area contributed by atoms with E-state index in [1.54, 1.807) is 0 Å². The van der Waals surface area contributed by atoms with E-state index in [1.807, 2.05) is 0 Å². The highest BCUT2D eigenvalue weighted by atomic mass is 15.5. The topological polar surface area (TPSA) is 76.8 Å². The Labute approximate surface area is 196 Å². The van der Waals surface area contributed by atoms with E-state index in [1.165, 1.54) is 24.0 Å². The largest absolute Gasteiger partial charge is 0.368 e. The van der Waals surface area contributed by atoms with Crippen molar-refractivity contribution in [1.82, 2.24) is 30.2 Å². The van der Waals surface area contributed by atoms with Gasteiger partial charge in [0.15, 0.2) is 0 Å². The van der Waals surface area contributed by atoms with Gasteiger partial charge in [0.25, 0.3) is 0 Å². The van der Waals surface area contributed by atoms with Crippen molar-refractivity contribution in [1.29, 1.82) is 0 Å². The van der Waals surface area contributed by atoms with E-state index in [2.05, 4.69) is 78.7 Å². The Balaban J connectivity index is 1.23. The monoisotopic (exact) mass is 446 g/mol. The van der Waals surface area contributed by atoms with Gasteiger partial charge in [-0.25, -0.2) is 10.4 Å². The van der Waals surface area contributed by atoms with Crippen LogP contribution in [-0.2, 0) is 13.0 Å². The number of benzene rings is 1. The minimum Gasteiger partial charge on any atom is -0.368 e. The standard InChI is InChI=1S/C25H34N8/c1-30-11-13-31(14-12-30)23-16-22(28-24(26)29-23)20-4-3-19-5-10-32(17-21(19)15-20)25(6-7-25)18-33-9-2-8-27-33/h2-4,9,15-16,27H,5-8,10-14,17-18H2,1H3,(H2,26,28,29). The van der Waals surface area contributed by atoms with Crippen LogP contribution in [0.2, 0.25) is 0 Å². The predicted molar refractivity (Wildman–Crippen MR) is 132 cm³/mol. The van der Waals surface area contributed by atoms with Gasteiger partial charge in [-0.1, -0.05) is 18.2 Å². The molecule has 0 amide bonds. The third-order valence-corrected chi connectivity index (χ3v) is 7.73. The summed E-state index contributed by atoms with van der Waals surface area (Å²) in [5, 5.41) is 2.27. The Bertz CT molecular complexity index is 1050. The second-order valence-corrected chi connectivity index (χ2v) is 10.0. The van der Waals surface area contributed by atoms with Gasteiger partial charge in [0.1, 0.15) is 5.82 Å². The molecule has 0 unspecified atom stereocenters. The molecule has 4 aliphatic rings. The lowest BCUT2D eigenvalue weighted by Crippen LogP contribution is -2.48. The van der Waals surface area contributed by atoms with Crippen LogP contribution in [0.4, 0.5) is 11.8 Å². The van der Waals surface area contributed by atoms with E-state index in [0.717, 1.165) is 75.9 Å². The molecular weight excluding hydrogens is 412 g/mol. The smallest absolute Gasteiger partial charge is 0.222 e. The molecule has 8 heteroatoms. The van der Waals surface area contributed by atoms with Crippen molar-refractivity contribution in [3.05, 3.63) is 47.7 Å². The Morgan fingerprint density at radius 3 is 2.64 bits per heavy atom. The van der Waals surface area contributed by atoms with Crippen molar-refractivity contribution in [2.45, 2.75) is 31.3 Å². The summed E-state index contributed by atoms with van der Waals surface area (Å²) in [5.41, 5.74) is 14.8. The highest BCUT2D eigenvalue weighted by Gasteiger charge is 2.49. The van der Waals surface area contributed by atoms with Gasteiger partial charge >= 0.3 is 0 Å². The van der Waals surface area contributed by atoms with E-state index < -0.39 is 0 Å². The number of hydrogen-bond donors (Lipinski definition) is 2. The molecule has 3 N–H and O–H groups in total. The SMILES string of the molecule is CN1CCN(c2cc(-c3ccc4c(c3)CN(C3(CN5C=CCN5)CC3)CC4)nc(N)n2)CC1. The second-order valence-electron chi connectivity index (χ2n) is 10.0. The fraction of sp³-hybridized carbons (Fsp3) is 0.520. The van der Waals surface area contributed by atoms with Crippen molar-refractivity contribution in [3.63, 3.8) is 0 Å². The number of nitrogens with two attached hydrogens (primary N) is 1. The second kappa shape index (κ2) is 8.27. The van der Waals surface area contributed by atoms with Crippen LogP contribution in [0.3, 0.4) is 0 Å². The molecule has 33 heavy (non-hydrogen) atoms. The van der Waals surface area contributed by atoms with E-state index in [-0.39, 0.29) is 0 Å². The maximum atomic E-state index is 6.15. The molecular formula is C25H34N8. The number of fused-ring (bicyclic) bond motifs is 1. The minimum atomic E-state index is 0.309. The first-order valence-corrected chi connectivity index (χ1v) is 12.2. The molecule has 2 fully saturated rings. The summed E-state index contributed by atoms with van der Waals surface area (Å²) in [4.78, 5) is 16.5. The molecule has 6 rings (SSSR count). The molecule has 1 saturated carbocycles. The molecule has 1 aromatic carbocycles. The lowest BCUT2D eigenvalue weighted by Gasteiger charge is -2.38. The molecule has 0 bridgehead atoms.